The highest BCUT2D eigenvalue weighted by Crippen LogP contribution is 2.36. The highest BCUT2D eigenvalue weighted by Gasteiger charge is 2.35. The minimum atomic E-state index is 0.165. The van der Waals surface area contributed by atoms with Gasteiger partial charge in [0.25, 0.3) is 0 Å². The second-order valence-corrected chi connectivity index (χ2v) is 6.59. The fourth-order valence-electron chi connectivity index (χ4n) is 2.75. The van der Waals surface area contributed by atoms with Gasteiger partial charge in [0, 0.05) is 22.6 Å². The molecule has 2 rings (SSSR count). The maximum atomic E-state index is 6.29. The quantitative estimate of drug-likeness (QED) is 0.818. The molecule has 1 aromatic carbocycles. The van der Waals surface area contributed by atoms with E-state index in [1.165, 1.54) is 37.8 Å². The maximum Gasteiger partial charge on any atom is 0.0499 e. The molecule has 1 aliphatic rings. The molecule has 2 nitrogen and oxygen atoms in total. The van der Waals surface area contributed by atoms with E-state index >= 15 is 0 Å². The molecule has 0 saturated heterocycles. The highest BCUT2D eigenvalue weighted by molar-refractivity contribution is 9.10. The molecule has 1 fully saturated rings. The van der Waals surface area contributed by atoms with Crippen LogP contribution < -0.4 is 5.73 Å². The second-order valence-electron chi connectivity index (χ2n) is 5.68. The summed E-state index contributed by atoms with van der Waals surface area (Å²) >= 11 is 3.51. The average molecular weight is 325 g/mol. The van der Waals surface area contributed by atoms with Crippen molar-refractivity contribution in [1.82, 2.24) is 4.90 Å². The summed E-state index contributed by atoms with van der Waals surface area (Å²) in [6.45, 7) is 5.56. The SMILES string of the molecule is CCCCN(C1CC1)C(c1ccc(Br)cc1)C(C)N. The van der Waals surface area contributed by atoms with Gasteiger partial charge in [0.2, 0.25) is 0 Å². The Kier molecular flexibility index (Phi) is 5.43. The molecule has 1 aliphatic carbocycles. The van der Waals surface area contributed by atoms with Gasteiger partial charge in [-0.25, -0.2) is 0 Å². The predicted molar refractivity (Wildman–Crippen MR) is 85.2 cm³/mol. The van der Waals surface area contributed by atoms with Gasteiger partial charge in [0.15, 0.2) is 0 Å². The molecule has 2 N–H and O–H groups in total. The Morgan fingerprint density at radius 1 is 1.32 bits per heavy atom. The van der Waals surface area contributed by atoms with Gasteiger partial charge < -0.3 is 5.73 Å². The molecule has 19 heavy (non-hydrogen) atoms. The second kappa shape index (κ2) is 6.87. The van der Waals surface area contributed by atoms with Crippen molar-refractivity contribution in [3.63, 3.8) is 0 Å². The number of hydrogen-bond donors (Lipinski definition) is 1. The standard InChI is InChI=1S/C16H25BrN2/c1-3-4-11-19(15-9-10-15)16(12(2)18)13-5-7-14(17)8-6-13/h5-8,12,15-16H,3-4,9-11,18H2,1-2H3. The summed E-state index contributed by atoms with van der Waals surface area (Å²) in [4.78, 5) is 2.64. The van der Waals surface area contributed by atoms with Gasteiger partial charge in [-0.15, -0.1) is 0 Å². The molecule has 2 unspecified atom stereocenters. The van der Waals surface area contributed by atoms with Crippen LogP contribution in [0.25, 0.3) is 0 Å². The molecule has 106 valence electrons. The van der Waals surface area contributed by atoms with Crippen LogP contribution in [0.3, 0.4) is 0 Å². The Morgan fingerprint density at radius 2 is 1.95 bits per heavy atom. The number of nitrogens with two attached hydrogens (primary N) is 1. The fourth-order valence-corrected chi connectivity index (χ4v) is 3.02. The van der Waals surface area contributed by atoms with Gasteiger partial charge in [-0.05, 0) is 50.4 Å². The molecule has 1 aromatic rings. The van der Waals surface area contributed by atoms with E-state index in [2.05, 4.69) is 58.9 Å². The van der Waals surface area contributed by atoms with Gasteiger partial charge >= 0.3 is 0 Å². The van der Waals surface area contributed by atoms with Crippen LogP contribution in [-0.4, -0.2) is 23.5 Å². The molecule has 0 aliphatic heterocycles. The first-order chi connectivity index (χ1) is 9.13. The van der Waals surface area contributed by atoms with Gasteiger partial charge in [-0.1, -0.05) is 41.4 Å². The Hall–Kier alpha value is -0.380. The average Bonchev–Trinajstić information content (AvgIpc) is 3.20. The molecule has 3 heteroatoms. The van der Waals surface area contributed by atoms with Gasteiger partial charge in [0.1, 0.15) is 0 Å². The van der Waals surface area contributed by atoms with Crippen molar-refractivity contribution in [2.75, 3.05) is 6.54 Å². The summed E-state index contributed by atoms with van der Waals surface area (Å²) in [5.74, 6) is 0. The third-order valence-electron chi connectivity index (χ3n) is 3.85. The number of unbranched alkanes of at least 4 members (excludes halogenated alkanes) is 1. The van der Waals surface area contributed by atoms with Crippen molar-refractivity contribution in [2.45, 2.75) is 57.7 Å². The lowest BCUT2D eigenvalue weighted by molar-refractivity contribution is 0.164. The lowest BCUT2D eigenvalue weighted by Crippen LogP contribution is -2.41. The summed E-state index contributed by atoms with van der Waals surface area (Å²) in [6, 6.07) is 9.93. The number of rotatable bonds is 7. The third kappa shape index (κ3) is 4.04. The largest absolute Gasteiger partial charge is 0.326 e. The fraction of sp³-hybridized carbons (Fsp3) is 0.625. The van der Waals surface area contributed by atoms with Gasteiger partial charge in [0.05, 0.1) is 0 Å². The summed E-state index contributed by atoms with van der Waals surface area (Å²) in [5.41, 5.74) is 7.64. The van der Waals surface area contributed by atoms with E-state index in [1.807, 2.05) is 0 Å². The number of nitrogens with zero attached hydrogens (tertiary/aromatic N) is 1. The smallest absolute Gasteiger partial charge is 0.0499 e. The van der Waals surface area contributed by atoms with Crippen molar-refractivity contribution in [1.29, 1.82) is 0 Å². The molecule has 2 atom stereocenters. The van der Waals surface area contributed by atoms with Crippen LogP contribution >= 0.6 is 15.9 Å². The van der Waals surface area contributed by atoms with E-state index in [9.17, 15) is 0 Å². The predicted octanol–water partition coefficient (Wildman–Crippen LogP) is 4.10. The summed E-state index contributed by atoms with van der Waals surface area (Å²) in [6.07, 6.45) is 5.18. The summed E-state index contributed by atoms with van der Waals surface area (Å²) in [7, 11) is 0. The zero-order chi connectivity index (χ0) is 13.8. The van der Waals surface area contributed by atoms with Crippen LogP contribution in [0.2, 0.25) is 0 Å². The van der Waals surface area contributed by atoms with Crippen LogP contribution in [0.15, 0.2) is 28.7 Å². The van der Waals surface area contributed by atoms with E-state index < -0.39 is 0 Å². The molecule has 0 amide bonds. The monoisotopic (exact) mass is 324 g/mol. The minimum Gasteiger partial charge on any atom is -0.326 e. The molecule has 0 spiro atoms. The van der Waals surface area contributed by atoms with Crippen LogP contribution in [0.5, 0.6) is 0 Å². The zero-order valence-electron chi connectivity index (χ0n) is 12.0. The minimum absolute atomic E-state index is 0.165. The van der Waals surface area contributed by atoms with E-state index in [1.54, 1.807) is 0 Å². The third-order valence-corrected chi connectivity index (χ3v) is 4.38. The molecule has 0 heterocycles. The number of halogens is 1. The molecule has 0 bridgehead atoms. The first-order valence-corrected chi connectivity index (χ1v) is 8.19. The highest BCUT2D eigenvalue weighted by atomic mass is 79.9. The first-order valence-electron chi connectivity index (χ1n) is 7.40. The Bertz CT molecular complexity index is 384. The summed E-state index contributed by atoms with van der Waals surface area (Å²) < 4.78 is 1.13. The molecule has 0 aromatic heterocycles. The maximum absolute atomic E-state index is 6.29. The zero-order valence-corrected chi connectivity index (χ0v) is 13.6. The van der Waals surface area contributed by atoms with Gasteiger partial charge in [-0.3, -0.25) is 4.90 Å². The van der Waals surface area contributed by atoms with Crippen molar-refractivity contribution in [3.8, 4) is 0 Å². The van der Waals surface area contributed by atoms with E-state index in [0.29, 0.717) is 6.04 Å². The Balaban J connectivity index is 2.19. The van der Waals surface area contributed by atoms with Crippen molar-refractivity contribution < 1.29 is 0 Å². The molecular weight excluding hydrogens is 300 g/mol. The van der Waals surface area contributed by atoms with E-state index in [4.69, 9.17) is 5.73 Å². The molecule has 0 radical (unpaired) electrons. The van der Waals surface area contributed by atoms with Crippen molar-refractivity contribution >= 4 is 15.9 Å². The van der Waals surface area contributed by atoms with E-state index in [0.717, 1.165) is 10.5 Å². The van der Waals surface area contributed by atoms with Crippen LogP contribution in [0, 0.1) is 0 Å². The Morgan fingerprint density at radius 3 is 2.42 bits per heavy atom. The molecule has 1 saturated carbocycles. The number of benzene rings is 1. The lowest BCUT2D eigenvalue weighted by atomic mass is 9.98. The molecular formula is C16H25BrN2. The van der Waals surface area contributed by atoms with Crippen molar-refractivity contribution in [3.05, 3.63) is 34.3 Å². The topological polar surface area (TPSA) is 29.3 Å². The van der Waals surface area contributed by atoms with Crippen molar-refractivity contribution in [2.24, 2.45) is 5.73 Å². The van der Waals surface area contributed by atoms with E-state index in [-0.39, 0.29) is 6.04 Å². The van der Waals surface area contributed by atoms with Crippen LogP contribution in [0.1, 0.15) is 51.1 Å². The Labute approximate surface area is 125 Å². The first kappa shape index (κ1) is 15.0. The van der Waals surface area contributed by atoms with Crippen LogP contribution in [-0.2, 0) is 0 Å². The summed E-state index contributed by atoms with van der Waals surface area (Å²) in [5, 5.41) is 0. The number of hydrogen-bond acceptors (Lipinski definition) is 2. The van der Waals surface area contributed by atoms with Crippen LogP contribution in [0.4, 0.5) is 0 Å². The van der Waals surface area contributed by atoms with Gasteiger partial charge in [-0.2, -0.15) is 0 Å². The lowest BCUT2D eigenvalue weighted by Gasteiger charge is -2.35. The normalized spacial score (nSPS) is 18.6.